The summed E-state index contributed by atoms with van der Waals surface area (Å²) in [6.07, 6.45) is 2.44. The van der Waals surface area contributed by atoms with Crippen LogP contribution < -0.4 is 11.1 Å². The number of carbonyl (C=O) groups excluding carboxylic acids is 1. The van der Waals surface area contributed by atoms with Crippen LogP contribution >= 0.6 is 24.0 Å². The first-order chi connectivity index (χ1) is 8.13. The van der Waals surface area contributed by atoms with E-state index >= 15 is 0 Å². The molecule has 102 valence electrons. The van der Waals surface area contributed by atoms with Gasteiger partial charge in [-0.25, -0.2) is 0 Å². The van der Waals surface area contributed by atoms with E-state index in [0.29, 0.717) is 6.54 Å². The Balaban J connectivity index is 0.00000289. The molecule has 3 N–H and O–H groups in total. The summed E-state index contributed by atoms with van der Waals surface area (Å²) >= 11 is 5.79. The zero-order valence-electron chi connectivity index (χ0n) is 10.5. The zero-order chi connectivity index (χ0) is 12.7. The molecular formula is C13H20Cl2N2O. The van der Waals surface area contributed by atoms with Crippen LogP contribution in [0.3, 0.4) is 0 Å². The Morgan fingerprint density at radius 1 is 1.39 bits per heavy atom. The molecule has 5 heteroatoms. The maximum Gasteiger partial charge on any atom is 0.236 e. The highest BCUT2D eigenvalue weighted by Gasteiger charge is 2.10. The van der Waals surface area contributed by atoms with Gasteiger partial charge in [-0.2, -0.15) is 0 Å². The van der Waals surface area contributed by atoms with Crippen molar-refractivity contribution in [2.24, 2.45) is 5.73 Å². The van der Waals surface area contributed by atoms with Gasteiger partial charge in [-0.3, -0.25) is 4.79 Å². The smallest absolute Gasteiger partial charge is 0.236 e. The Labute approximate surface area is 119 Å². The minimum Gasteiger partial charge on any atom is -0.354 e. The average molecular weight is 291 g/mol. The van der Waals surface area contributed by atoms with E-state index in [-0.39, 0.29) is 24.4 Å². The van der Waals surface area contributed by atoms with E-state index in [1.807, 2.05) is 31.2 Å². The van der Waals surface area contributed by atoms with Crippen LogP contribution in [0.25, 0.3) is 0 Å². The summed E-state index contributed by atoms with van der Waals surface area (Å²) in [4.78, 5) is 11.5. The maximum atomic E-state index is 11.5. The van der Waals surface area contributed by atoms with E-state index < -0.39 is 0 Å². The molecule has 0 heterocycles. The van der Waals surface area contributed by atoms with Gasteiger partial charge in [0.15, 0.2) is 0 Å². The maximum absolute atomic E-state index is 11.5. The SMILES string of the molecule is CCCC(N)C(=O)NCCc1ccc(Cl)cc1.Cl. The molecule has 0 aliphatic rings. The van der Waals surface area contributed by atoms with Crippen molar-refractivity contribution in [3.05, 3.63) is 34.9 Å². The monoisotopic (exact) mass is 290 g/mol. The van der Waals surface area contributed by atoms with Gasteiger partial charge in [-0.15, -0.1) is 12.4 Å². The van der Waals surface area contributed by atoms with Gasteiger partial charge in [0, 0.05) is 11.6 Å². The van der Waals surface area contributed by atoms with Gasteiger partial charge >= 0.3 is 0 Å². The predicted molar refractivity (Wildman–Crippen MR) is 78.3 cm³/mol. The molecule has 1 atom stereocenters. The molecule has 1 aromatic carbocycles. The van der Waals surface area contributed by atoms with E-state index in [1.54, 1.807) is 0 Å². The van der Waals surface area contributed by atoms with E-state index in [4.69, 9.17) is 17.3 Å². The van der Waals surface area contributed by atoms with Crippen LogP contribution in [0, 0.1) is 0 Å². The molecule has 0 aliphatic heterocycles. The summed E-state index contributed by atoms with van der Waals surface area (Å²) < 4.78 is 0. The molecule has 0 bridgehead atoms. The molecular weight excluding hydrogens is 271 g/mol. The molecule has 1 amide bonds. The van der Waals surface area contributed by atoms with Crippen LogP contribution in [-0.4, -0.2) is 18.5 Å². The van der Waals surface area contributed by atoms with Crippen molar-refractivity contribution in [1.29, 1.82) is 0 Å². The van der Waals surface area contributed by atoms with Gasteiger partial charge in [-0.1, -0.05) is 37.1 Å². The zero-order valence-corrected chi connectivity index (χ0v) is 12.1. The molecule has 3 nitrogen and oxygen atoms in total. The van der Waals surface area contributed by atoms with Gasteiger partial charge in [0.1, 0.15) is 0 Å². The molecule has 0 saturated carbocycles. The topological polar surface area (TPSA) is 55.1 Å². The number of halogens is 2. The number of rotatable bonds is 6. The Bertz CT molecular complexity index is 355. The summed E-state index contributed by atoms with van der Waals surface area (Å²) in [6, 6.07) is 7.23. The van der Waals surface area contributed by atoms with Crippen LogP contribution in [0.4, 0.5) is 0 Å². The number of benzene rings is 1. The highest BCUT2D eigenvalue weighted by molar-refractivity contribution is 6.30. The first kappa shape index (κ1) is 17.2. The Morgan fingerprint density at radius 3 is 2.56 bits per heavy atom. The fourth-order valence-corrected chi connectivity index (χ4v) is 1.68. The van der Waals surface area contributed by atoms with Crippen LogP contribution in [0.15, 0.2) is 24.3 Å². The van der Waals surface area contributed by atoms with Crippen LogP contribution in [0.2, 0.25) is 5.02 Å². The summed E-state index contributed by atoms with van der Waals surface area (Å²) in [5.41, 5.74) is 6.85. The normalized spacial score (nSPS) is 11.5. The summed E-state index contributed by atoms with van der Waals surface area (Å²) in [5, 5.41) is 3.56. The van der Waals surface area contributed by atoms with Crippen molar-refractivity contribution < 1.29 is 4.79 Å². The highest BCUT2D eigenvalue weighted by atomic mass is 35.5. The summed E-state index contributed by atoms with van der Waals surface area (Å²) in [5.74, 6) is -0.0687. The molecule has 1 unspecified atom stereocenters. The Hall–Kier alpha value is -0.770. The van der Waals surface area contributed by atoms with Gasteiger partial charge in [0.2, 0.25) is 5.91 Å². The van der Waals surface area contributed by atoms with Gasteiger partial charge in [0.05, 0.1) is 6.04 Å². The first-order valence-corrected chi connectivity index (χ1v) is 6.29. The van der Waals surface area contributed by atoms with Crippen LogP contribution in [0.5, 0.6) is 0 Å². The Morgan fingerprint density at radius 2 is 2.00 bits per heavy atom. The van der Waals surface area contributed by atoms with Crippen molar-refractivity contribution in [2.45, 2.75) is 32.2 Å². The van der Waals surface area contributed by atoms with Crippen LogP contribution in [-0.2, 0) is 11.2 Å². The third-order valence-corrected chi connectivity index (χ3v) is 2.81. The standard InChI is InChI=1S/C13H19ClN2O.ClH/c1-2-3-12(15)13(17)16-9-8-10-4-6-11(14)7-5-10;/h4-7,12H,2-3,8-9,15H2,1H3,(H,16,17);1H. The predicted octanol–water partition coefficient (Wildman–Crippen LogP) is 2.55. The minimum absolute atomic E-state index is 0. The molecule has 18 heavy (non-hydrogen) atoms. The lowest BCUT2D eigenvalue weighted by atomic mass is 10.1. The third-order valence-electron chi connectivity index (χ3n) is 2.56. The quantitative estimate of drug-likeness (QED) is 0.846. The van der Waals surface area contributed by atoms with Crippen LogP contribution in [0.1, 0.15) is 25.3 Å². The number of nitrogens with two attached hydrogens (primary N) is 1. The lowest BCUT2D eigenvalue weighted by Crippen LogP contribution is -2.41. The molecule has 0 radical (unpaired) electrons. The van der Waals surface area contributed by atoms with Gasteiger partial charge in [-0.05, 0) is 30.5 Å². The molecule has 0 saturated heterocycles. The number of nitrogens with one attached hydrogen (secondary N) is 1. The number of carbonyl (C=O) groups is 1. The molecule has 1 rings (SSSR count). The number of hydrogen-bond donors (Lipinski definition) is 2. The van der Waals surface area contributed by atoms with E-state index in [0.717, 1.165) is 29.8 Å². The fourth-order valence-electron chi connectivity index (χ4n) is 1.55. The van der Waals surface area contributed by atoms with Crippen molar-refractivity contribution >= 4 is 29.9 Å². The first-order valence-electron chi connectivity index (χ1n) is 5.91. The molecule has 1 aromatic rings. The second kappa shape index (κ2) is 9.20. The van der Waals surface area contributed by atoms with Crippen molar-refractivity contribution in [3.63, 3.8) is 0 Å². The average Bonchev–Trinajstić information content (AvgIpc) is 2.32. The third kappa shape index (κ3) is 6.24. The number of amides is 1. The second-order valence-electron chi connectivity index (χ2n) is 4.06. The van der Waals surface area contributed by atoms with E-state index in [1.165, 1.54) is 0 Å². The minimum atomic E-state index is -0.384. The van der Waals surface area contributed by atoms with Gasteiger partial charge < -0.3 is 11.1 Å². The second-order valence-corrected chi connectivity index (χ2v) is 4.50. The lowest BCUT2D eigenvalue weighted by Gasteiger charge is -2.11. The largest absolute Gasteiger partial charge is 0.354 e. The molecule has 0 aliphatic carbocycles. The molecule has 0 aromatic heterocycles. The van der Waals surface area contributed by atoms with Crippen molar-refractivity contribution in [1.82, 2.24) is 5.32 Å². The summed E-state index contributed by atoms with van der Waals surface area (Å²) in [6.45, 7) is 2.62. The van der Waals surface area contributed by atoms with Crippen molar-refractivity contribution in [3.8, 4) is 0 Å². The van der Waals surface area contributed by atoms with E-state index in [2.05, 4.69) is 5.32 Å². The molecule has 0 fully saturated rings. The lowest BCUT2D eigenvalue weighted by molar-refractivity contribution is -0.122. The van der Waals surface area contributed by atoms with E-state index in [9.17, 15) is 4.79 Å². The fraction of sp³-hybridized carbons (Fsp3) is 0.462. The number of hydrogen-bond acceptors (Lipinski definition) is 2. The summed E-state index contributed by atoms with van der Waals surface area (Å²) in [7, 11) is 0. The van der Waals surface area contributed by atoms with Crippen molar-refractivity contribution in [2.75, 3.05) is 6.54 Å². The Kier molecular flexibility index (Phi) is 8.81. The highest BCUT2D eigenvalue weighted by Crippen LogP contribution is 2.09. The molecule has 0 spiro atoms. The van der Waals surface area contributed by atoms with Gasteiger partial charge in [0.25, 0.3) is 0 Å².